The molecule has 0 saturated heterocycles. The Kier molecular flexibility index (Phi) is 4.02. The van der Waals surface area contributed by atoms with Crippen LogP contribution >= 0.6 is 15.9 Å². The topological polar surface area (TPSA) is 24.9 Å². The first-order valence-corrected chi connectivity index (χ1v) is 6.82. The molecule has 0 radical (unpaired) electrons. The molecular formula is C15H17BrN2. The fraction of sp³-hybridized carbons (Fsp3) is 0.267. The fourth-order valence-electron chi connectivity index (χ4n) is 1.94. The van der Waals surface area contributed by atoms with Gasteiger partial charge in [-0.1, -0.05) is 29.8 Å². The second-order valence-corrected chi connectivity index (χ2v) is 5.36. The first-order valence-electron chi connectivity index (χ1n) is 6.02. The van der Waals surface area contributed by atoms with Gasteiger partial charge in [0.05, 0.1) is 11.4 Å². The largest absolute Gasteiger partial charge is 0.377 e. The SMILES string of the molecule is Cc1cccc(C(C)Nc2ccc(Br)nc2C)c1. The molecule has 2 aromatic rings. The smallest absolute Gasteiger partial charge is 0.106 e. The van der Waals surface area contributed by atoms with Crippen LogP contribution in [0.25, 0.3) is 0 Å². The van der Waals surface area contributed by atoms with E-state index in [-0.39, 0.29) is 6.04 Å². The van der Waals surface area contributed by atoms with Gasteiger partial charge in [0.1, 0.15) is 4.60 Å². The van der Waals surface area contributed by atoms with Gasteiger partial charge in [-0.25, -0.2) is 4.98 Å². The molecular weight excluding hydrogens is 288 g/mol. The molecule has 1 atom stereocenters. The lowest BCUT2D eigenvalue weighted by molar-refractivity contribution is 0.877. The molecule has 94 valence electrons. The van der Waals surface area contributed by atoms with E-state index in [1.54, 1.807) is 0 Å². The van der Waals surface area contributed by atoms with Crippen molar-refractivity contribution in [2.75, 3.05) is 5.32 Å². The maximum absolute atomic E-state index is 4.39. The summed E-state index contributed by atoms with van der Waals surface area (Å²) in [5, 5.41) is 3.50. The maximum atomic E-state index is 4.39. The highest BCUT2D eigenvalue weighted by Crippen LogP contribution is 2.23. The number of pyridine rings is 1. The minimum Gasteiger partial charge on any atom is -0.377 e. The Morgan fingerprint density at radius 1 is 1.17 bits per heavy atom. The molecule has 1 N–H and O–H groups in total. The van der Waals surface area contributed by atoms with E-state index < -0.39 is 0 Å². The quantitative estimate of drug-likeness (QED) is 0.836. The van der Waals surface area contributed by atoms with Gasteiger partial charge in [-0.15, -0.1) is 0 Å². The minimum absolute atomic E-state index is 0.270. The molecule has 0 bridgehead atoms. The Labute approximate surface area is 117 Å². The van der Waals surface area contributed by atoms with Crippen molar-refractivity contribution in [1.82, 2.24) is 4.98 Å². The van der Waals surface area contributed by atoms with Gasteiger partial charge in [-0.2, -0.15) is 0 Å². The number of rotatable bonds is 3. The van der Waals surface area contributed by atoms with Crippen molar-refractivity contribution in [3.05, 3.63) is 57.8 Å². The van der Waals surface area contributed by atoms with Crippen LogP contribution in [0.5, 0.6) is 0 Å². The molecule has 2 rings (SSSR count). The zero-order valence-electron chi connectivity index (χ0n) is 10.9. The lowest BCUT2D eigenvalue weighted by atomic mass is 10.1. The van der Waals surface area contributed by atoms with Crippen LogP contribution in [0.1, 0.15) is 29.8 Å². The molecule has 0 spiro atoms. The van der Waals surface area contributed by atoms with Gasteiger partial charge in [0.2, 0.25) is 0 Å². The molecule has 18 heavy (non-hydrogen) atoms. The van der Waals surface area contributed by atoms with Crippen molar-refractivity contribution in [1.29, 1.82) is 0 Å². The monoisotopic (exact) mass is 304 g/mol. The molecule has 1 heterocycles. The molecule has 1 unspecified atom stereocenters. The molecule has 0 fully saturated rings. The predicted molar refractivity (Wildman–Crippen MR) is 79.9 cm³/mol. The first kappa shape index (κ1) is 13.1. The molecule has 1 aromatic carbocycles. The third-order valence-electron chi connectivity index (χ3n) is 2.97. The van der Waals surface area contributed by atoms with Gasteiger partial charge in [-0.05, 0) is 54.4 Å². The van der Waals surface area contributed by atoms with E-state index in [9.17, 15) is 0 Å². The van der Waals surface area contributed by atoms with Crippen molar-refractivity contribution in [3.8, 4) is 0 Å². The minimum atomic E-state index is 0.270. The fourth-order valence-corrected chi connectivity index (χ4v) is 2.34. The van der Waals surface area contributed by atoms with E-state index in [4.69, 9.17) is 0 Å². The van der Waals surface area contributed by atoms with Gasteiger partial charge >= 0.3 is 0 Å². The summed E-state index contributed by atoms with van der Waals surface area (Å²) in [6.45, 7) is 6.29. The second kappa shape index (κ2) is 5.53. The highest BCUT2D eigenvalue weighted by Gasteiger charge is 2.07. The summed E-state index contributed by atoms with van der Waals surface area (Å²) >= 11 is 3.38. The summed E-state index contributed by atoms with van der Waals surface area (Å²) in [5.41, 5.74) is 4.65. The number of hydrogen-bond donors (Lipinski definition) is 1. The number of anilines is 1. The number of aromatic nitrogens is 1. The third-order valence-corrected chi connectivity index (χ3v) is 3.41. The van der Waals surface area contributed by atoms with E-state index in [0.717, 1.165) is 16.0 Å². The zero-order chi connectivity index (χ0) is 13.1. The standard InChI is InChI=1S/C15H17BrN2/c1-10-5-4-6-13(9-10)11(2)17-14-7-8-15(16)18-12(14)3/h4-9,11,17H,1-3H3. The molecule has 0 aliphatic heterocycles. The van der Waals surface area contributed by atoms with Crippen LogP contribution in [-0.2, 0) is 0 Å². The van der Waals surface area contributed by atoms with E-state index >= 15 is 0 Å². The molecule has 3 heteroatoms. The van der Waals surface area contributed by atoms with Gasteiger partial charge < -0.3 is 5.32 Å². The van der Waals surface area contributed by atoms with Gasteiger partial charge in [0.15, 0.2) is 0 Å². The molecule has 1 aromatic heterocycles. The normalized spacial score (nSPS) is 12.2. The Hall–Kier alpha value is -1.35. The Morgan fingerprint density at radius 2 is 1.94 bits per heavy atom. The molecule has 0 saturated carbocycles. The summed E-state index contributed by atoms with van der Waals surface area (Å²) in [6.07, 6.45) is 0. The molecule has 0 aliphatic carbocycles. The number of benzene rings is 1. The van der Waals surface area contributed by atoms with Crippen LogP contribution < -0.4 is 5.32 Å². The maximum Gasteiger partial charge on any atom is 0.106 e. The van der Waals surface area contributed by atoms with Crippen molar-refractivity contribution in [2.45, 2.75) is 26.8 Å². The predicted octanol–water partition coefficient (Wildman–Crippen LogP) is 4.63. The Bertz CT molecular complexity index is 552. The van der Waals surface area contributed by atoms with Crippen molar-refractivity contribution in [3.63, 3.8) is 0 Å². The third kappa shape index (κ3) is 3.10. The first-order chi connectivity index (χ1) is 8.56. The average molecular weight is 305 g/mol. The van der Waals surface area contributed by atoms with E-state index in [0.29, 0.717) is 0 Å². The lowest BCUT2D eigenvalue weighted by Gasteiger charge is -2.17. The van der Waals surface area contributed by atoms with Crippen LogP contribution in [0, 0.1) is 13.8 Å². The van der Waals surface area contributed by atoms with Crippen molar-refractivity contribution >= 4 is 21.6 Å². The highest BCUT2D eigenvalue weighted by molar-refractivity contribution is 9.10. The van der Waals surface area contributed by atoms with E-state index in [1.807, 2.05) is 13.0 Å². The number of halogens is 1. The van der Waals surface area contributed by atoms with Gasteiger partial charge in [0.25, 0.3) is 0 Å². The Morgan fingerprint density at radius 3 is 2.61 bits per heavy atom. The van der Waals surface area contributed by atoms with Crippen LogP contribution in [0.15, 0.2) is 41.0 Å². The van der Waals surface area contributed by atoms with Gasteiger partial charge in [0, 0.05) is 6.04 Å². The average Bonchev–Trinajstić information content (AvgIpc) is 2.32. The Balaban J connectivity index is 2.18. The highest BCUT2D eigenvalue weighted by atomic mass is 79.9. The summed E-state index contributed by atoms with van der Waals surface area (Å²) in [5.74, 6) is 0. The number of nitrogens with zero attached hydrogens (tertiary/aromatic N) is 1. The van der Waals surface area contributed by atoms with Crippen LogP contribution in [0.2, 0.25) is 0 Å². The second-order valence-electron chi connectivity index (χ2n) is 4.55. The molecule has 0 amide bonds. The number of hydrogen-bond acceptors (Lipinski definition) is 2. The van der Waals surface area contributed by atoms with Crippen molar-refractivity contribution in [2.24, 2.45) is 0 Å². The van der Waals surface area contributed by atoms with Crippen LogP contribution in [0.3, 0.4) is 0 Å². The summed E-state index contributed by atoms with van der Waals surface area (Å²) < 4.78 is 0.869. The zero-order valence-corrected chi connectivity index (χ0v) is 12.5. The van der Waals surface area contributed by atoms with E-state index in [1.165, 1.54) is 11.1 Å². The summed E-state index contributed by atoms with van der Waals surface area (Å²) in [6, 6.07) is 12.8. The van der Waals surface area contributed by atoms with Crippen molar-refractivity contribution < 1.29 is 0 Å². The van der Waals surface area contributed by atoms with Crippen LogP contribution in [0.4, 0.5) is 5.69 Å². The molecule has 0 aliphatic rings. The summed E-state index contributed by atoms with van der Waals surface area (Å²) in [7, 11) is 0. The summed E-state index contributed by atoms with van der Waals surface area (Å²) in [4.78, 5) is 4.39. The van der Waals surface area contributed by atoms with Crippen LogP contribution in [-0.4, -0.2) is 4.98 Å². The van der Waals surface area contributed by atoms with E-state index in [2.05, 4.69) is 70.4 Å². The number of nitrogens with one attached hydrogen (secondary N) is 1. The van der Waals surface area contributed by atoms with Gasteiger partial charge in [-0.3, -0.25) is 0 Å². The molecule has 2 nitrogen and oxygen atoms in total. The lowest BCUT2D eigenvalue weighted by Crippen LogP contribution is -2.08. The number of aryl methyl sites for hydroxylation is 2.